The Hall–Kier alpha value is -1.55. The van der Waals surface area contributed by atoms with Gasteiger partial charge in [0, 0.05) is 18.2 Å². The summed E-state index contributed by atoms with van der Waals surface area (Å²) in [6, 6.07) is 5.68. The first-order chi connectivity index (χ1) is 8.92. The summed E-state index contributed by atoms with van der Waals surface area (Å²) in [6.45, 7) is 9.58. The number of amides is 1. The van der Waals surface area contributed by atoms with Crippen LogP contribution in [0.1, 0.15) is 31.9 Å². The maximum absolute atomic E-state index is 11.7. The molecule has 0 heterocycles. The molecule has 1 amide bonds. The summed E-state index contributed by atoms with van der Waals surface area (Å²) in [4.78, 5) is 13.8. The van der Waals surface area contributed by atoms with E-state index in [-0.39, 0.29) is 17.7 Å². The lowest BCUT2D eigenvalue weighted by atomic mass is 10.1. The van der Waals surface area contributed by atoms with Gasteiger partial charge in [-0.2, -0.15) is 0 Å². The van der Waals surface area contributed by atoms with Gasteiger partial charge in [-0.1, -0.05) is 24.6 Å². The molecular formula is C15H24N2O2. The van der Waals surface area contributed by atoms with Crippen LogP contribution >= 0.6 is 0 Å². The fraction of sp³-hybridized carbons (Fsp3) is 0.533. The molecule has 0 aromatic heterocycles. The second-order valence-electron chi connectivity index (χ2n) is 5.16. The maximum atomic E-state index is 11.7. The third-order valence-electron chi connectivity index (χ3n) is 2.89. The van der Waals surface area contributed by atoms with Crippen LogP contribution in [0.2, 0.25) is 0 Å². The van der Waals surface area contributed by atoms with Crippen molar-refractivity contribution in [3.05, 3.63) is 29.3 Å². The van der Waals surface area contributed by atoms with Crippen LogP contribution in [0.3, 0.4) is 0 Å². The van der Waals surface area contributed by atoms with Gasteiger partial charge >= 0.3 is 0 Å². The molecule has 1 aromatic carbocycles. The number of rotatable bonds is 6. The Balaban J connectivity index is 2.66. The van der Waals surface area contributed by atoms with Gasteiger partial charge in [0.25, 0.3) is 0 Å². The highest BCUT2D eigenvalue weighted by Gasteiger charge is 2.12. The molecule has 4 nitrogen and oxygen atoms in total. The van der Waals surface area contributed by atoms with E-state index < -0.39 is 0 Å². The Kier molecular flexibility index (Phi) is 5.83. The molecule has 0 fully saturated rings. The monoisotopic (exact) mass is 264 g/mol. The van der Waals surface area contributed by atoms with Crippen LogP contribution in [0.4, 0.5) is 0 Å². The molecule has 1 rings (SSSR count). The van der Waals surface area contributed by atoms with Crippen molar-refractivity contribution in [1.82, 2.24) is 10.2 Å². The van der Waals surface area contributed by atoms with Crippen LogP contribution in [-0.4, -0.2) is 35.0 Å². The van der Waals surface area contributed by atoms with Gasteiger partial charge in [0.1, 0.15) is 5.75 Å². The Morgan fingerprint density at radius 3 is 2.68 bits per heavy atom. The second kappa shape index (κ2) is 7.14. The molecule has 19 heavy (non-hydrogen) atoms. The Morgan fingerprint density at radius 1 is 1.42 bits per heavy atom. The molecule has 0 aliphatic carbocycles. The van der Waals surface area contributed by atoms with Crippen molar-refractivity contribution in [1.29, 1.82) is 0 Å². The number of nitrogens with zero attached hydrogens (tertiary/aromatic N) is 1. The topological polar surface area (TPSA) is 52.6 Å². The minimum atomic E-state index is 0.0176. The van der Waals surface area contributed by atoms with E-state index in [2.05, 4.69) is 5.32 Å². The summed E-state index contributed by atoms with van der Waals surface area (Å²) in [5, 5.41) is 12.7. The molecule has 0 spiro atoms. The van der Waals surface area contributed by atoms with Gasteiger partial charge in [0.2, 0.25) is 5.91 Å². The van der Waals surface area contributed by atoms with E-state index in [9.17, 15) is 9.90 Å². The molecular weight excluding hydrogens is 240 g/mol. The molecule has 0 aliphatic heterocycles. The Bertz CT molecular complexity index is 430. The molecule has 4 heteroatoms. The number of phenolic OH excluding ortho intramolecular Hbond substituents is 1. The Labute approximate surface area is 115 Å². The highest BCUT2D eigenvalue weighted by atomic mass is 16.3. The van der Waals surface area contributed by atoms with E-state index in [1.54, 1.807) is 6.07 Å². The zero-order valence-electron chi connectivity index (χ0n) is 12.2. The number of aryl methyl sites for hydroxylation is 1. The van der Waals surface area contributed by atoms with Crippen LogP contribution in [0.15, 0.2) is 18.2 Å². The number of phenols is 1. The minimum absolute atomic E-state index is 0.0176. The van der Waals surface area contributed by atoms with Crippen molar-refractivity contribution < 1.29 is 9.90 Å². The molecule has 0 unspecified atom stereocenters. The first kappa shape index (κ1) is 15.5. The van der Waals surface area contributed by atoms with E-state index in [0.717, 1.165) is 17.7 Å². The quantitative estimate of drug-likeness (QED) is 0.827. The second-order valence-corrected chi connectivity index (χ2v) is 5.16. The highest BCUT2D eigenvalue weighted by molar-refractivity contribution is 5.78. The predicted molar refractivity (Wildman–Crippen MR) is 77.1 cm³/mol. The van der Waals surface area contributed by atoms with Gasteiger partial charge in [-0.15, -0.1) is 0 Å². The molecule has 0 radical (unpaired) electrons. The van der Waals surface area contributed by atoms with E-state index >= 15 is 0 Å². The number of aromatic hydroxyl groups is 1. The molecule has 0 atom stereocenters. The molecule has 2 N–H and O–H groups in total. The lowest BCUT2D eigenvalue weighted by molar-refractivity contribution is -0.122. The third kappa shape index (κ3) is 5.30. The summed E-state index contributed by atoms with van der Waals surface area (Å²) in [7, 11) is 0. The van der Waals surface area contributed by atoms with Crippen molar-refractivity contribution in [3.63, 3.8) is 0 Å². The van der Waals surface area contributed by atoms with E-state index in [1.165, 1.54) is 0 Å². The van der Waals surface area contributed by atoms with Gasteiger partial charge in [-0.05, 0) is 33.4 Å². The minimum Gasteiger partial charge on any atom is -0.508 e. The standard InChI is InChI=1S/C15H24N2O2/c1-5-17(10-15(19)16-11(2)3)9-13-8-12(4)6-7-14(13)18/h6-8,11,18H,5,9-10H2,1-4H3,(H,16,19). The van der Waals surface area contributed by atoms with Crippen LogP contribution in [0, 0.1) is 6.92 Å². The van der Waals surface area contributed by atoms with Gasteiger partial charge in [-0.25, -0.2) is 0 Å². The number of carbonyl (C=O) groups excluding carboxylic acids is 1. The number of hydrogen-bond donors (Lipinski definition) is 2. The Morgan fingerprint density at radius 2 is 2.11 bits per heavy atom. The predicted octanol–water partition coefficient (Wildman–Crippen LogP) is 2.05. The van der Waals surface area contributed by atoms with Crippen LogP contribution in [0.5, 0.6) is 5.75 Å². The summed E-state index contributed by atoms with van der Waals surface area (Å²) >= 11 is 0. The number of likely N-dealkylation sites (N-methyl/N-ethyl adjacent to an activating group) is 1. The zero-order chi connectivity index (χ0) is 14.4. The normalized spacial score (nSPS) is 11.1. The van der Waals surface area contributed by atoms with Gasteiger partial charge in [0.05, 0.1) is 6.54 Å². The summed E-state index contributed by atoms with van der Waals surface area (Å²) in [5.41, 5.74) is 1.97. The summed E-state index contributed by atoms with van der Waals surface area (Å²) in [6.07, 6.45) is 0. The smallest absolute Gasteiger partial charge is 0.234 e. The van der Waals surface area contributed by atoms with E-state index in [4.69, 9.17) is 0 Å². The van der Waals surface area contributed by atoms with Crippen LogP contribution < -0.4 is 5.32 Å². The van der Waals surface area contributed by atoms with Crippen molar-refractivity contribution in [2.75, 3.05) is 13.1 Å². The van der Waals surface area contributed by atoms with Crippen molar-refractivity contribution in [2.24, 2.45) is 0 Å². The molecule has 1 aromatic rings. The number of benzene rings is 1. The number of hydrogen-bond acceptors (Lipinski definition) is 3. The maximum Gasteiger partial charge on any atom is 0.234 e. The highest BCUT2D eigenvalue weighted by Crippen LogP contribution is 2.19. The molecule has 0 aliphatic rings. The van der Waals surface area contributed by atoms with Gasteiger partial charge in [0.15, 0.2) is 0 Å². The molecule has 0 saturated carbocycles. The van der Waals surface area contributed by atoms with Gasteiger partial charge < -0.3 is 10.4 Å². The van der Waals surface area contributed by atoms with Crippen molar-refractivity contribution in [2.45, 2.75) is 40.3 Å². The van der Waals surface area contributed by atoms with E-state index in [0.29, 0.717) is 13.1 Å². The molecule has 0 bridgehead atoms. The summed E-state index contributed by atoms with van der Waals surface area (Å²) in [5.74, 6) is 0.303. The first-order valence-electron chi connectivity index (χ1n) is 6.72. The zero-order valence-corrected chi connectivity index (χ0v) is 12.2. The number of nitrogens with one attached hydrogen (secondary N) is 1. The van der Waals surface area contributed by atoms with Crippen molar-refractivity contribution >= 4 is 5.91 Å². The average Bonchev–Trinajstić information content (AvgIpc) is 2.31. The molecule has 106 valence electrons. The fourth-order valence-corrected chi connectivity index (χ4v) is 1.93. The fourth-order valence-electron chi connectivity index (χ4n) is 1.93. The van der Waals surface area contributed by atoms with Crippen LogP contribution in [0.25, 0.3) is 0 Å². The van der Waals surface area contributed by atoms with E-state index in [1.807, 2.05) is 44.7 Å². The summed E-state index contributed by atoms with van der Waals surface area (Å²) < 4.78 is 0. The van der Waals surface area contributed by atoms with Gasteiger partial charge in [-0.3, -0.25) is 9.69 Å². The average molecular weight is 264 g/mol. The molecule has 0 saturated heterocycles. The van der Waals surface area contributed by atoms with Crippen molar-refractivity contribution in [3.8, 4) is 5.75 Å². The SMILES string of the molecule is CCN(CC(=O)NC(C)C)Cc1cc(C)ccc1O. The third-order valence-corrected chi connectivity index (χ3v) is 2.89. The lowest BCUT2D eigenvalue weighted by Gasteiger charge is -2.21. The lowest BCUT2D eigenvalue weighted by Crippen LogP contribution is -2.39. The van der Waals surface area contributed by atoms with Crippen LogP contribution in [-0.2, 0) is 11.3 Å². The largest absolute Gasteiger partial charge is 0.508 e. The first-order valence-corrected chi connectivity index (χ1v) is 6.72. The number of carbonyl (C=O) groups is 1.